The lowest BCUT2D eigenvalue weighted by molar-refractivity contribution is -0.130. The van der Waals surface area contributed by atoms with E-state index in [2.05, 4.69) is 11.9 Å². The van der Waals surface area contributed by atoms with E-state index in [1.807, 2.05) is 32.0 Å². The fourth-order valence-electron chi connectivity index (χ4n) is 3.15. The lowest BCUT2D eigenvalue weighted by Crippen LogP contribution is -2.49. The molecule has 0 spiro atoms. The molecule has 2 atom stereocenters. The minimum Gasteiger partial charge on any atom is -0.315 e. The molecule has 1 amide bonds. The smallest absolute Gasteiger partial charge is 0.255 e. The van der Waals surface area contributed by atoms with Crippen LogP contribution in [0.3, 0.4) is 0 Å². The van der Waals surface area contributed by atoms with Crippen molar-refractivity contribution in [1.82, 2.24) is 9.47 Å². The van der Waals surface area contributed by atoms with Crippen LogP contribution in [0.15, 0.2) is 29.4 Å². The highest BCUT2D eigenvalue weighted by Crippen LogP contribution is 2.47. The fourth-order valence-corrected chi connectivity index (χ4v) is 4.58. The minimum absolute atomic E-state index is 0.0634. The number of carbonyl (C=O) groups excluding carboxylic acids is 2. The van der Waals surface area contributed by atoms with E-state index in [1.54, 1.807) is 27.4 Å². The third-order valence-electron chi connectivity index (χ3n) is 4.20. The number of aromatic nitrogens is 1. The Hall–Kier alpha value is -1.56. The van der Waals surface area contributed by atoms with Crippen LogP contribution in [0, 0.1) is 0 Å². The molecule has 0 saturated carbocycles. The van der Waals surface area contributed by atoms with E-state index >= 15 is 0 Å². The van der Waals surface area contributed by atoms with Crippen LogP contribution >= 0.6 is 11.8 Å². The van der Waals surface area contributed by atoms with Gasteiger partial charge < -0.3 is 4.90 Å². The van der Waals surface area contributed by atoms with Crippen LogP contribution < -0.4 is 5.49 Å². The number of thioether (sulfide) groups is 1. The molecule has 2 fully saturated rings. The van der Waals surface area contributed by atoms with Crippen LogP contribution in [0.2, 0.25) is 0 Å². The first-order valence-corrected chi connectivity index (χ1v) is 8.63. The highest BCUT2D eigenvalue weighted by Gasteiger charge is 2.53. The number of hydrogen-bond donors (Lipinski definition) is 0. The largest absolute Gasteiger partial charge is 0.315 e. The van der Waals surface area contributed by atoms with Gasteiger partial charge >= 0.3 is 0 Å². The Morgan fingerprint density at radius 3 is 2.95 bits per heavy atom. The summed E-state index contributed by atoms with van der Waals surface area (Å²) in [5.41, 5.74) is 0.646. The quantitative estimate of drug-likeness (QED) is 0.836. The van der Waals surface area contributed by atoms with Crippen LogP contribution in [0.4, 0.5) is 0 Å². The number of hydrogen-bond acceptors (Lipinski definition) is 4. The Balaban J connectivity index is 1.98. The Morgan fingerprint density at radius 2 is 2.23 bits per heavy atom. The first-order valence-electron chi connectivity index (χ1n) is 7.64. The second kappa shape index (κ2) is 5.57. The van der Waals surface area contributed by atoms with Gasteiger partial charge in [0, 0.05) is 24.4 Å². The van der Waals surface area contributed by atoms with Crippen molar-refractivity contribution in [3.05, 3.63) is 29.9 Å². The third-order valence-corrected chi connectivity index (χ3v) is 5.70. The lowest BCUT2D eigenvalue weighted by atomic mass is 10.2. The lowest BCUT2D eigenvalue weighted by Gasteiger charge is -2.30. The molecule has 0 bridgehead atoms. The highest BCUT2D eigenvalue weighted by molar-refractivity contribution is 8.01. The molecular formula is C16H21N3O2S. The molecule has 118 valence electrons. The molecule has 2 aliphatic rings. The second-order valence-electron chi connectivity index (χ2n) is 6.26. The molecule has 0 radical (unpaired) electrons. The number of nitrogens with zero attached hydrogens (tertiary/aromatic N) is 3. The van der Waals surface area contributed by atoms with Crippen molar-refractivity contribution >= 4 is 23.6 Å². The zero-order chi connectivity index (χ0) is 15.9. The summed E-state index contributed by atoms with van der Waals surface area (Å²) < 4.78 is 1.59. The first kappa shape index (κ1) is 15.3. The van der Waals surface area contributed by atoms with Gasteiger partial charge in [0.15, 0.2) is 0 Å². The average molecular weight is 319 g/mol. The van der Waals surface area contributed by atoms with E-state index in [0.717, 1.165) is 6.42 Å². The van der Waals surface area contributed by atoms with Crippen molar-refractivity contribution < 1.29 is 9.59 Å². The Bertz CT molecular complexity index is 682. The maximum absolute atomic E-state index is 13.0. The second-order valence-corrected chi connectivity index (χ2v) is 7.76. The zero-order valence-electron chi connectivity index (χ0n) is 13.2. The summed E-state index contributed by atoms with van der Waals surface area (Å²) in [6, 6.07) is 5.26. The van der Waals surface area contributed by atoms with Crippen molar-refractivity contribution in [2.24, 2.45) is 4.99 Å². The van der Waals surface area contributed by atoms with Gasteiger partial charge in [-0.25, -0.2) is 0 Å². The Morgan fingerprint density at radius 1 is 1.45 bits per heavy atom. The SMILES string of the molecule is CC(C)N=c1ccccn1C(=O)[C@H]1CS[C@]2(C)CCC(=O)N12. The van der Waals surface area contributed by atoms with Gasteiger partial charge in [-0.2, -0.15) is 0 Å². The van der Waals surface area contributed by atoms with E-state index in [0.29, 0.717) is 17.7 Å². The van der Waals surface area contributed by atoms with E-state index in [1.165, 1.54) is 0 Å². The van der Waals surface area contributed by atoms with Gasteiger partial charge in [-0.3, -0.25) is 19.1 Å². The normalized spacial score (nSPS) is 28.5. The van der Waals surface area contributed by atoms with Crippen LogP contribution in [-0.2, 0) is 4.79 Å². The molecule has 1 aromatic heterocycles. The van der Waals surface area contributed by atoms with Crippen molar-refractivity contribution in [3.63, 3.8) is 0 Å². The predicted octanol–water partition coefficient (Wildman–Crippen LogP) is 1.89. The molecule has 1 aromatic rings. The number of pyridine rings is 1. The standard InChI is InChI=1S/C16H21N3O2S/c1-11(2)17-13-6-4-5-9-18(13)15(21)12-10-22-16(3)8-7-14(20)19(12)16/h4-6,9,11-12H,7-8,10H2,1-3H3/t12-,16-/m1/s1. The number of carbonyl (C=O) groups is 2. The number of rotatable bonds is 2. The molecular weight excluding hydrogens is 298 g/mol. The van der Waals surface area contributed by atoms with Gasteiger partial charge in [-0.05, 0) is 39.3 Å². The van der Waals surface area contributed by atoms with Crippen molar-refractivity contribution in [3.8, 4) is 0 Å². The summed E-state index contributed by atoms with van der Waals surface area (Å²) in [5, 5.41) is 0. The monoisotopic (exact) mass is 319 g/mol. The number of fused-ring (bicyclic) bond motifs is 1. The average Bonchev–Trinajstić information content (AvgIpc) is 2.95. The summed E-state index contributed by atoms with van der Waals surface area (Å²) in [6.45, 7) is 6.02. The molecule has 0 aliphatic carbocycles. The van der Waals surface area contributed by atoms with Crippen molar-refractivity contribution in [2.75, 3.05) is 5.75 Å². The van der Waals surface area contributed by atoms with E-state index in [9.17, 15) is 9.59 Å². The molecule has 5 nitrogen and oxygen atoms in total. The molecule has 2 saturated heterocycles. The summed E-state index contributed by atoms with van der Waals surface area (Å²) in [7, 11) is 0. The Labute approximate surface area is 134 Å². The summed E-state index contributed by atoms with van der Waals surface area (Å²) >= 11 is 1.71. The van der Waals surface area contributed by atoms with Crippen LogP contribution in [0.1, 0.15) is 38.4 Å². The van der Waals surface area contributed by atoms with Gasteiger partial charge in [0.1, 0.15) is 11.5 Å². The molecule has 0 unspecified atom stereocenters. The molecule has 22 heavy (non-hydrogen) atoms. The summed E-state index contributed by atoms with van der Waals surface area (Å²) in [5.74, 6) is 0.681. The van der Waals surface area contributed by atoms with E-state index in [4.69, 9.17) is 0 Å². The fraction of sp³-hybridized carbons (Fsp3) is 0.562. The molecule has 0 aromatic carbocycles. The highest BCUT2D eigenvalue weighted by atomic mass is 32.2. The first-order chi connectivity index (χ1) is 10.4. The van der Waals surface area contributed by atoms with Crippen molar-refractivity contribution in [1.29, 1.82) is 0 Å². The molecule has 0 N–H and O–H groups in total. The Kier molecular flexibility index (Phi) is 3.89. The van der Waals surface area contributed by atoms with Crippen LogP contribution in [-0.4, -0.2) is 44.0 Å². The molecule has 2 aliphatic heterocycles. The van der Waals surface area contributed by atoms with Crippen LogP contribution in [0.25, 0.3) is 0 Å². The zero-order valence-corrected chi connectivity index (χ0v) is 14.0. The van der Waals surface area contributed by atoms with Gasteiger partial charge in [0.25, 0.3) is 5.91 Å². The minimum atomic E-state index is -0.390. The number of amides is 1. The predicted molar refractivity (Wildman–Crippen MR) is 86.5 cm³/mol. The summed E-state index contributed by atoms with van der Waals surface area (Å²) in [4.78, 5) is 31.2. The van der Waals surface area contributed by atoms with Crippen LogP contribution in [0.5, 0.6) is 0 Å². The van der Waals surface area contributed by atoms with Gasteiger partial charge in [-0.15, -0.1) is 11.8 Å². The third kappa shape index (κ3) is 2.49. The topological polar surface area (TPSA) is 54.7 Å². The molecule has 6 heteroatoms. The maximum atomic E-state index is 13.0. The maximum Gasteiger partial charge on any atom is 0.255 e. The van der Waals surface area contributed by atoms with E-state index in [-0.39, 0.29) is 22.7 Å². The van der Waals surface area contributed by atoms with E-state index < -0.39 is 6.04 Å². The van der Waals surface area contributed by atoms with Crippen molar-refractivity contribution in [2.45, 2.75) is 50.6 Å². The molecule has 3 heterocycles. The summed E-state index contributed by atoms with van der Waals surface area (Å²) in [6.07, 6.45) is 3.10. The van der Waals surface area contributed by atoms with Gasteiger partial charge in [0.05, 0.1) is 4.87 Å². The van der Waals surface area contributed by atoms with Gasteiger partial charge in [-0.1, -0.05) is 6.07 Å². The molecule has 3 rings (SSSR count). The van der Waals surface area contributed by atoms with Gasteiger partial charge in [0.2, 0.25) is 5.91 Å².